The predicted molar refractivity (Wildman–Crippen MR) is 77.7 cm³/mol. The van der Waals surface area contributed by atoms with Crippen molar-refractivity contribution in [2.24, 2.45) is 0 Å². The molecule has 0 saturated heterocycles. The highest BCUT2D eigenvalue weighted by molar-refractivity contribution is 5.96. The summed E-state index contributed by atoms with van der Waals surface area (Å²) in [7, 11) is 3.49. The lowest BCUT2D eigenvalue weighted by molar-refractivity contribution is 0.0823. The molecule has 0 spiro atoms. The third-order valence-electron chi connectivity index (χ3n) is 4.00. The third kappa shape index (κ3) is 2.40. The van der Waals surface area contributed by atoms with Crippen LogP contribution in [0.1, 0.15) is 54.3 Å². The minimum absolute atomic E-state index is 0.0396. The van der Waals surface area contributed by atoms with Crippen LogP contribution in [0.25, 0.3) is 11.0 Å². The van der Waals surface area contributed by atoms with Gasteiger partial charge in [-0.25, -0.2) is 9.97 Å². The molecule has 1 aliphatic rings. The molecule has 1 fully saturated rings. The van der Waals surface area contributed by atoms with E-state index < -0.39 is 0 Å². The van der Waals surface area contributed by atoms with Gasteiger partial charge in [-0.1, -0.05) is 19.3 Å². The standard InChI is InChI=1S/C15H20N4O/c1-19(2)15(20)12-8-11-9-16-13(18-14(11)17-12)10-6-4-3-5-7-10/h8-10H,3-7H2,1-2H3,(H,16,17,18). The summed E-state index contributed by atoms with van der Waals surface area (Å²) >= 11 is 0. The second-order valence-corrected chi connectivity index (χ2v) is 5.75. The normalized spacial score (nSPS) is 16.5. The summed E-state index contributed by atoms with van der Waals surface area (Å²) in [6, 6.07) is 1.82. The van der Waals surface area contributed by atoms with E-state index in [1.54, 1.807) is 19.0 Å². The lowest BCUT2D eigenvalue weighted by atomic mass is 9.89. The van der Waals surface area contributed by atoms with Crippen LogP contribution in [-0.2, 0) is 0 Å². The highest BCUT2D eigenvalue weighted by atomic mass is 16.2. The molecule has 1 amide bonds. The molecule has 1 aliphatic carbocycles. The van der Waals surface area contributed by atoms with E-state index in [-0.39, 0.29) is 5.91 Å². The van der Waals surface area contributed by atoms with Gasteiger partial charge in [-0.05, 0) is 18.9 Å². The van der Waals surface area contributed by atoms with Gasteiger partial charge in [0.1, 0.15) is 17.2 Å². The predicted octanol–water partition coefficient (Wildman–Crippen LogP) is 2.71. The first-order valence-corrected chi connectivity index (χ1v) is 7.22. The second kappa shape index (κ2) is 5.23. The van der Waals surface area contributed by atoms with Gasteiger partial charge in [-0.3, -0.25) is 4.79 Å². The number of fused-ring (bicyclic) bond motifs is 1. The molecule has 0 aliphatic heterocycles. The molecule has 1 saturated carbocycles. The highest BCUT2D eigenvalue weighted by Crippen LogP contribution is 2.31. The Labute approximate surface area is 118 Å². The Hall–Kier alpha value is -1.91. The van der Waals surface area contributed by atoms with Crippen LogP contribution in [0.15, 0.2) is 12.3 Å². The van der Waals surface area contributed by atoms with Crippen molar-refractivity contribution in [3.8, 4) is 0 Å². The van der Waals surface area contributed by atoms with Crippen LogP contribution in [0.4, 0.5) is 0 Å². The van der Waals surface area contributed by atoms with Crippen molar-refractivity contribution in [2.45, 2.75) is 38.0 Å². The van der Waals surface area contributed by atoms with Crippen LogP contribution < -0.4 is 0 Å². The molecule has 20 heavy (non-hydrogen) atoms. The van der Waals surface area contributed by atoms with Crippen LogP contribution in [0, 0.1) is 0 Å². The minimum atomic E-state index is -0.0396. The van der Waals surface area contributed by atoms with E-state index in [0.717, 1.165) is 16.9 Å². The average molecular weight is 272 g/mol. The summed E-state index contributed by atoms with van der Waals surface area (Å²) in [5.74, 6) is 1.36. The molecular formula is C15H20N4O. The Morgan fingerprint density at radius 3 is 2.75 bits per heavy atom. The molecule has 0 unspecified atom stereocenters. The van der Waals surface area contributed by atoms with Crippen molar-refractivity contribution >= 4 is 16.9 Å². The number of aromatic nitrogens is 3. The Balaban J connectivity index is 1.92. The van der Waals surface area contributed by atoms with E-state index in [1.807, 2.05) is 12.3 Å². The zero-order valence-corrected chi connectivity index (χ0v) is 12.0. The largest absolute Gasteiger partial charge is 0.344 e. The Kier molecular flexibility index (Phi) is 3.42. The van der Waals surface area contributed by atoms with Crippen LogP contribution >= 0.6 is 0 Å². The SMILES string of the molecule is CN(C)C(=O)c1cc2cnc(C3CCCCC3)nc2[nH]1. The van der Waals surface area contributed by atoms with Crippen molar-refractivity contribution in [1.29, 1.82) is 0 Å². The lowest BCUT2D eigenvalue weighted by Crippen LogP contribution is -2.21. The molecule has 3 rings (SSSR count). The lowest BCUT2D eigenvalue weighted by Gasteiger charge is -2.19. The maximum Gasteiger partial charge on any atom is 0.269 e. The summed E-state index contributed by atoms with van der Waals surface area (Å²) in [5, 5.41) is 0.898. The Bertz CT molecular complexity index is 626. The number of aromatic amines is 1. The molecule has 5 nitrogen and oxygen atoms in total. The molecule has 2 heterocycles. The molecule has 0 atom stereocenters. The maximum atomic E-state index is 11.9. The first kappa shape index (κ1) is 13.1. The zero-order valence-electron chi connectivity index (χ0n) is 12.0. The van der Waals surface area contributed by atoms with Crippen LogP contribution in [-0.4, -0.2) is 39.9 Å². The van der Waals surface area contributed by atoms with Crippen LogP contribution in [0.5, 0.6) is 0 Å². The van der Waals surface area contributed by atoms with E-state index in [4.69, 9.17) is 0 Å². The quantitative estimate of drug-likeness (QED) is 0.914. The number of nitrogens with one attached hydrogen (secondary N) is 1. The van der Waals surface area contributed by atoms with Crippen molar-refractivity contribution in [3.63, 3.8) is 0 Å². The highest BCUT2D eigenvalue weighted by Gasteiger charge is 2.19. The number of hydrogen-bond donors (Lipinski definition) is 1. The molecule has 0 radical (unpaired) electrons. The summed E-state index contributed by atoms with van der Waals surface area (Å²) in [6.07, 6.45) is 8.03. The zero-order chi connectivity index (χ0) is 14.1. The first-order chi connectivity index (χ1) is 9.65. The van der Waals surface area contributed by atoms with Gasteiger partial charge in [0.25, 0.3) is 5.91 Å². The van der Waals surface area contributed by atoms with Gasteiger partial charge in [0.15, 0.2) is 0 Å². The number of amides is 1. The summed E-state index contributed by atoms with van der Waals surface area (Å²) in [4.78, 5) is 25.7. The second-order valence-electron chi connectivity index (χ2n) is 5.75. The van der Waals surface area contributed by atoms with Gasteiger partial charge in [0.2, 0.25) is 0 Å². The van der Waals surface area contributed by atoms with E-state index in [2.05, 4.69) is 15.0 Å². The van der Waals surface area contributed by atoms with Gasteiger partial charge in [-0.15, -0.1) is 0 Å². The topological polar surface area (TPSA) is 61.9 Å². The van der Waals surface area contributed by atoms with Gasteiger partial charge in [0, 0.05) is 31.6 Å². The molecule has 106 valence electrons. The minimum Gasteiger partial charge on any atom is -0.344 e. The fourth-order valence-electron chi connectivity index (χ4n) is 2.84. The number of H-pyrrole nitrogens is 1. The molecule has 2 aromatic rings. The number of nitrogens with zero attached hydrogens (tertiary/aromatic N) is 3. The van der Waals surface area contributed by atoms with Gasteiger partial charge in [0.05, 0.1) is 0 Å². The van der Waals surface area contributed by atoms with Crippen molar-refractivity contribution in [1.82, 2.24) is 19.9 Å². The van der Waals surface area contributed by atoms with Crippen LogP contribution in [0.3, 0.4) is 0 Å². The van der Waals surface area contributed by atoms with E-state index in [1.165, 1.54) is 32.1 Å². The summed E-state index contributed by atoms with van der Waals surface area (Å²) in [6.45, 7) is 0. The van der Waals surface area contributed by atoms with E-state index in [0.29, 0.717) is 11.6 Å². The van der Waals surface area contributed by atoms with Gasteiger partial charge >= 0.3 is 0 Å². The molecular weight excluding hydrogens is 252 g/mol. The fourth-order valence-corrected chi connectivity index (χ4v) is 2.84. The monoisotopic (exact) mass is 272 g/mol. The molecule has 1 N–H and O–H groups in total. The molecule has 2 aromatic heterocycles. The fraction of sp³-hybridized carbons (Fsp3) is 0.533. The smallest absolute Gasteiger partial charge is 0.269 e. The van der Waals surface area contributed by atoms with Crippen molar-refractivity contribution in [3.05, 3.63) is 23.8 Å². The molecule has 5 heteroatoms. The third-order valence-corrected chi connectivity index (χ3v) is 4.00. The van der Waals surface area contributed by atoms with Gasteiger partial charge in [-0.2, -0.15) is 0 Å². The van der Waals surface area contributed by atoms with Crippen molar-refractivity contribution in [2.75, 3.05) is 14.1 Å². The Morgan fingerprint density at radius 2 is 2.05 bits per heavy atom. The summed E-state index contributed by atoms with van der Waals surface area (Å²) < 4.78 is 0. The Morgan fingerprint density at radius 1 is 1.30 bits per heavy atom. The van der Waals surface area contributed by atoms with E-state index >= 15 is 0 Å². The van der Waals surface area contributed by atoms with E-state index in [9.17, 15) is 4.79 Å². The maximum absolute atomic E-state index is 11.9. The van der Waals surface area contributed by atoms with Crippen molar-refractivity contribution < 1.29 is 4.79 Å². The van der Waals surface area contributed by atoms with Gasteiger partial charge < -0.3 is 9.88 Å². The number of hydrogen-bond acceptors (Lipinski definition) is 3. The number of carbonyl (C=O) groups is 1. The molecule has 0 bridgehead atoms. The summed E-state index contributed by atoms with van der Waals surface area (Å²) in [5.41, 5.74) is 1.34. The van der Waals surface area contributed by atoms with Crippen LogP contribution in [0.2, 0.25) is 0 Å². The first-order valence-electron chi connectivity index (χ1n) is 7.22. The number of carbonyl (C=O) groups excluding carboxylic acids is 1. The molecule has 0 aromatic carbocycles. The number of rotatable bonds is 2. The average Bonchev–Trinajstić information content (AvgIpc) is 2.90.